The quantitative estimate of drug-likeness (QED) is 0.546. The first-order chi connectivity index (χ1) is 8.45. The molecule has 2 heterocycles. The van der Waals surface area contributed by atoms with Gasteiger partial charge in [0.1, 0.15) is 13.1 Å². The van der Waals surface area contributed by atoms with Crippen molar-refractivity contribution >= 4 is 6.21 Å². The van der Waals surface area contributed by atoms with Crippen molar-refractivity contribution in [1.82, 2.24) is 4.90 Å². The average molecular weight is 235 g/mol. The smallest absolute Gasteiger partial charge is 0.163 e. The molecule has 2 aliphatic heterocycles. The number of nitrogens with zero attached hydrogens (tertiary/aromatic N) is 2. The van der Waals surface area contributed by atoms with Crippen LogP contribution in [0.5, 0.6) is 0 Å². The zero-order valence-electron chi connectivity index (χ0n) is 10.6. The highest BCUT2D eigenvalue weighted by Gasteiger charge is 2.08. The Kier molecular flexibility index (Phi) is 5.30. The molecule has 94 valence electrons. The second kappa shape index (κ2) is 7.28. The summed E-state index contributed by atoms with van der Waals surface area (Å²) in [6, 6.07) is 0. The second-order valence-corrected chi connectivity index (χ2v) is 4.62. The number of morpholine rings is 1. The van der Waals surface area contributed by atoms with Gasteiger partial charge in [-0.1, -0.05) is 6.08 Å². The molecule has 2 aliphatic rings. The molecule has 0 radical (unpaired) electrons. The van der Waals surface area contributed by atoms with E-state index in [2.05, 4.69) is 40.1 Å². The summed E-state index contributed by atoms with van der Waals surface area (Å²) >= 11 is 0. The number of rotatable bonds is 3. The van der Waals surface area contributed by atoms with E-state index in [1.54, 1.807) is 0 Å². The number of hydrogen-bond donors (Lipinski definition) is 0. The molecule has 0 N–H and O–H groups in total. The van der Waals surface area contributed by atoms with Crippen molar-refractivity contribution in [2.24, 2.45) is 0 Å². The molecule has 2 saturated heterocycles. The van der Waals surface area contributed by atoms with Crippen molar-refractivity contribution in [1.29, 1.82) is 0 Å². The first-order valence-electron chi connectivity index (χ1n) is 6.69. The van der Waals surface area contributed by atoms with Crippen LogP contribution in [0.3, 0.4) is 0 Å². The Labute approximate surface area is 104 Å². The van der Waals surface area contributed by atoms with Crippen molar-refractivity contribution in [3.63, 3.8) is 0 Å². The first kappa shape index (κ1) is 12.4. The molecule has 0 atom stereocenters. The molecule has 3 nitrogen and oxygen atoms in total. The molecule has 17 heavy (non-hydrogen) atoms. The van der Waals surface area contributed by atoms with Gasteiger partial charge in [-0.2, -0.15) is 0 Å². The van der Waals surface area contributed by atoms with Gasteiger partial charge in [0.25, 0.3) is 0 Å². The van der Waals surface area contributed by atoms with Gasteiger partial charge in [-0.05, 0) is 18.7 Å². The monoisotopic (exact) mass is 235 g/mol. The third-order valence-corrected chi connectivity index (χ3v) is 3.25. The van der Waals surface area contributed by atoms with Gasteiger partial charge in [0, 0.05) is 32.0 Å². The molecular weight excluding hydrogens is 212 g/mol. The average Bonchev–Trinajstić information content (AvgIpc) is 2.41. The Morgan fingerprint density at radius 2 is 1.65 bits per heavy atom. The molecule has 0 bridgehead atoms. The lowest BCUT2D eigenvalue weighted by Crippen LogP contribution is -2.31. The highest BCUT2D eigenvalue weighted by atomic mass is 16.5. The summed E-state index contributed by atoms with van der Waals surface area (Å²) in [5.74, 6) is 0. The lowest BCUT2D eigenvalue weighted by molar-refractivity contribution is -0.532. The zero-order valence-corrected chi connectivity index (χ0v) is 10.6. The molecule has 0 saturated carbocycles. The molecular formula is C14H23N2O+. The number of allylic oxidation sites excluding steroid dienone is 3. The van der Waals surface area contributed by atoms with Crippen LogP contribution in [0.15, 0.2) is 24.4 Å². The van der Waals surface area contributed by atoms with Gasteiger partial charge in [0.15, 0.2) is 6.21 Å². The number of piperidine rings is 1. The molecule has 0 spiro atoms. The van der Waals surface area contributed by atoms with Crippen molar-refractivity contribution in [3.8, 4) is 0 Å². The van der Waals surface area contributed by atoms with E-state index in [1.807, 2.05) is 0 Å². The van der Waals surface area contributed by atoms with Crippen LogP contribution in [0.25, 0.3) is 0 Å². The Morgan fingerprint density at radius 3 is 2.41 bits per heavy atom. The first-order valence-corrected chi connectivity index (χ1v) is 6.69. The predicted octanol–water partition coefficient (Wildman–Crippen LogP) is 1.66. The molecule has 0 aliphatic carbocycles. The van der Waals surface area contributed by atoms with Gasteiger partial charge >= 0.3 is 0 Å². The van der Waals surface area contributed by atoms with Gasteiger partial charge in [0.05, 0.1) is 13.2 Å². The van der Waals surface area contributed by atoms with Crippen molar-refractivity contribution in [2.45, 2.75) is 19.3 Å². The molecule has 0 aromatic heterocycles. The van der Waals surface area contributed by atoms with E-state index < -0.39 is 0 Å². The Balaban J connectivity index is 1.70. The summed E-state index contributed by atoms with van der Waals surface area (Å²) in [6.07, 6.45) is 14.8. The SMILES string of the molecule is C(/C=C/C=C/N1CCOCC1)=[N+]1CCCCC1. The fourth-order valence-electron chi connectivity index (χ4n) is 2.20. The largest absolute Gasteiger partial charge is 0.378 e. The summed E-state index contributed by atoms with van der Waals surface area (Å²) in [4.78, 5) is 2.30. The minimum atomic E-state index is 0.855. The maximum atomic E-state index is 5.30. The van der Waals surface area contributed by atoms with Crippen LogP contribution in [-0.2, 0) is 4.74 Å². The van der Waals surface area contributed by atoms with Crippen molar-refractivity contribution in [2.75, 3.05) is 39.4 Å². The summed E-state index contributed by atoms with van der Waals surface area (Å²) in [5.41, 5.74) is 0. The number of ether oxygens (including phenoxy) is 1. The lowest BCUT2D eigenvalue weighted by atomic mass is 10.2. The van der Waals surface area contributed by atoms with E-state index >= 15 is 0 Å². The van der Waals surface area contributed by atoms with Crippen LogP contribution < -0.4 is 0 Å². The van der Waals surface area contributed by atoms with Gasteiger partial charge in [0.2, 0.25) is 0 Å². The Bertz CT molecular complexity index is 293. The van der Waals surface area contributed by atoms with E-state index in [9.17, 15) is 0 Å². The van der Waals surface area contributed by atoms with E-state index in [0.717, 1.165) is 26.3 Å². The molecule has 2 rings (SSSR count). The van der Waals surface area contributed by atoms with Gasteiger partial charge in [-0.25, -0.2) is 4.58 Å². The van der Waals surface area contributed by atoms with E-state index in [4.69, 9.17) is 4.74 Å². The Hall–Kier alpha value is -1.09. The highest BCUT2D eigenvalue weighted by molar-refractivity contribution is 5.66. The predicted molar refractivity (Wildman–Crippen MR) is 70.6 cm³/mol. The van der Waals surface area contributed by atoms with Gasteiger partial charge in [-0.15, -0.1) is 0 Å². The van der Waals surface area contributed by atoms with Crippen LogP contribution >= 0.6 is 0 Å². The topological polar surface area (TPSA) is 15.5 Å². The normalized spacial score (nSPS) is 22.6. The molecule has 2 fully saturated rings. The third kappa shape index (κ3) is 4.73. The summed E-state index contributed by atoms with van der Waals surface area (Å²) in [7, 11) is 0. The van der Waals surface area contributed by atoms with E-state index in [-0.39, 0.29) is 0 Å². The Morgan fingerprint density at radius 1 is 0.882 bits per heavy atom. The van der Waals surface area contributed by atoms with Crippen LogP contribution in [0.1, 0.15) is 19.3 Å². The second-order valence-electron chi connectivity index (χ2n) is 4.62. The fourth-order valence-corrected chi connectivity index (χ4v) is 2.20. The van der Waals surface area contributed by atoms with Gasteiger partial charge < -0.3 is 9.64 Å². The summed E-state index contributed by atoms with van der Waals surface area (Å²) in [5, 5.41) is 0. The van der Waals surface area contributed by atoms with Crippen molar-refractivity contribution in [3.05, 3.63) is 24.4 Å². The third-order valence-electron chi connectivity index (χ3n) is 3.25. The van der Waals surface area contributed by atoms with E-state index in [1.165, 1.54) is 32.4 Å². The standard InChI is InChI=1S/C14H23N2O/c1-3-7-15(8-4-1)9-5-2-6-10-16-11-13-17-14-12-16/h2,5-6,9-10H,1,3-4,7-8,11-14H2/q+1. The summed E-state index contributed by atoms with van der Waals surface area (Å²) < 4.78 is 7.71. The zero-order chi connectivity index (χ0) is 11.8. The van der Waals surface area contributed by atoms with Crippen LogP contribution in [0.4, 0.5) is 0 Å². The number of hydrogen-bond acceptors (Lipinski definition) is 2. The fraction of sp³-hybridized carbons (Fsp3) is 0.643. The summed E-state index contributed by atoms with van der Waals surface area (Å²) in [6.45, 7) is 6.18. The van der Waals surface area contributed by atoms with Crippen LogP contribution in [-0.4, -0.2) is 55.1 Å². The minimum absolute atomic E-state index is 0.855. The van der Waals surface area contributed by atoms with Gasteiger partial charge in [-0.3, -0.25) is 0 Å². The molecule has 0 amide bonds. The molecule has 0 aromatic carbocycles. The maximum absolute atomic E-state index is 5.30. The maximum Gasteiger partial charge on any atom is 0.163 e. The van der Waals surface area contributed by atoms with Crippen molar-refractivity contribution < 1.29 is 9.31 Å². The molecule has 0 aromatic rings. The van der Waals surface area contributed by atoms with Crippen LogP contribution in [0.2, 0.25) is 0 Å². The highest BCUT2D eigenvalue weighted by Crippen LogP contribution is 2.02. The minimum Gasteiger partial charge on any atom is -0.378 e. The molecule has 0 unspecified atom stereocenters. The van der Waals surface area contributed by atoms with Crippen LogP contribution in [0, 0.1) is 0 Å². The lowest BCUT2D eigenvalue weighted by Gasteiger charge is -2.24. The van der Waals surface area contributed by atoms with E-state index in [0.29, 0.717) is 0 Å². The molecule has 3 heteroatoms.